The molecular weight excluding hydrogens is 510 g/mol. The quantitative estimate of drug-likeness (QED) is 0.388. The Balaban J connectivity index is 1.55. The molecule has 2 aromatic rings. The predicted octanol–water partition coefficient (Wildman–Crippen LogP) is 6.75. The summed E-state index contributed by atoms with van der Waals surface area (Å²) >= 11 is 1.31. The summed E-state index contributed by atoms with van der Waals surface area (Å²) in [6.45, 7) is 9.35. The van der Waals surface area contributed by atoms with E-state index < -0.39 is 5.97 Å². The Morgan fingerprint density at radius 3 is 2.31 bits per heavy atom. The monoisotopic (exact) mass is 555 g/mol. The lowest BCUT2D eigenvalue weighted by Gasteiger charge is -2.39. The molecule has 0 bridgehead atoms. The van der Waals surface area contributed by atoms with Crippen molar-refractivity contribution in [3.8, 4) is 5.88 Å². The number of aromatic carboxylic acids is 1. The lowest BCUT2D eigenvalue weighted by molar-refractivity contribution is -0.124. The van der Waals surface area contributed by atoms with Gasteiger partial charge in [0.05, 0.1) is 5.69 Å². The van der Waals surface area contributed by atoms with Gasteiger partial charge in [0.15, 0.2) is 0 Å². The van der Waals surface area contributed by atoms with Crippen LogP contribution in [0.25, 0.3) is 0 Å². The van der Waals surface area contributed by atoms with Crippen LogP contribution in [0.15, 0.2) is 24.4 Å². The summed E-state index contributed by atoms with van der Waals surface area (Å²) < 4.78 is 6.29. The summed E-state index contributed by atoms with van der Waals surface area (Å²) in [7, 11) is 4.08. The molecule has 2 aromatic heterocycles. The Hall–Kier alpha value is -2.45. The van der Waals surface area contributed by atoms with E-state index in [4.69, 9.17) is 4.74 Å². The van der Waals surface area contributed by atoms with Gasteiger partial charge in [-0.15, -0.1) is 11.3 Å². The molecule has 7 nitrogen and oxygen atoms in total. The van der Waals surface area contributed by atoms with Crippen molar-refractivity contribution in [1.82, 2.24) is 9.88 Å². The molecule has 0 radical (unpaired) electrons. The van der Waals surface area contributed by atoms with E-state index in [1.807, 2.05) is 37.2 Å². The van der Waals surface area contributed by atoms with Crippen LogP contribution < -0.4 is 9.64 Å². The highest BCUT2D eigenvalue weighted by Crippen LogP contribution is 2.42. The summed E-state index contributed by atoms with van der Waals surface area (Å²) in [5.74, 6) is 0.385. The maximum Gasteiger partial charge on any atom is 0.348 e. The number of anilines is 1. The molecule has 0 saturated heterocycles. The van der Waals surface area contributed by atoms with Gasteiger partial charge < -0.3 is 19.6 Å². The van der Waals surface area contributed by atoms with Crippen molar-refractivity contribution >= 4 is 28.9 Å². The number of carboxylic acids is 1. The third kappa shape index (κ3) is 7.40. The van der Waals surface area contributed by atoms with Gasteiger partial charge in [0.25, 0.3) is 0 Å². The molecule has 0 atom stereocenters. The highest BCUT2D eigenvalue weighted by Gasteiger charge is 2.38. The summed E-state index contributed by atoms with van der Waals surface area (Å²) in [6, 6.07) is 5.95. The van der Waals surface area contributed by atoms with Crippen LogP contribution in [0, 0.1) is 11.8 Å². The van der Waals surface area contributed by atoms with E-state index >= 15 is 0 Å². The second-order valence-corrected chi connectivity index (χ2v) is 13.9. The fraction of sp³-hybridized carbons (Fsp3) is 0.645. The van der Waals surface area contributed by atoms with Crippen LogP contribution in [0.5, 0.6) is 5.88 Å². The molecule has 2 fully saturated rings. The minimum absolute atomic E-state index is 0.0300. The van der Waals surface area contributed by atoms with E-state index in [9.17, 15) is 14.7 Å². The molecular formula is C31H45N3O4S. The van der Waals surface area contributed by atoms with E-state index in [1.165, 1.54) is 11.3 Å². The molecule has 2 aliphatic rings. The minimum Gasteiger partial charge on any atom is -0.477 e. The van der Waals surface area contributed by atoms with Gasteiger partial charge >= 0.3 is 5.97 Å². The largest absolute Gasteiger partial charge is 0.477 e. The average molecular weight is 556 g/mol. The number of thiophene rings is 1. The summed E-state index contributed by atoms with van der Waals surface area (Å²) in [5.41, 5.74) is 1.55. The molecule has 2 aliphatic carbocycles. The standard InChI is InChI=1S/C31H45N3O4S/c1-20-7-9-22(10-8-20)29(35)34(25-18-26(31(2,3)4)39-28(25)30(36)37)23-11-13-24(14-12-23)38-27-17-21(15-16-32-27)19-33(5)6/h15-18,20,22-24H,7-14,19H2,1-6H3,(H,36,37)/t20-,22-,23-,24-. The van der Waals surface area contributed by atoms with Crippen LogP contribution in [0.4, 0.5) is 5.69 Å². The third-order valence-electron chi connectivity index (χ3n) is 8.10. The van der Waals surface area contributed by atoms with Crippen molar-refractivity contribution in [3.63, 3.8) is 0 Å². The molecule has 0 aromatic carbocycles. The smallest absolute Gasteiger partial charge is 0.348 e. The lowest BCUT2D eigenvalue weighted by Crippen LogP contribution is -2.47. The second kappa shape index (κ2) is 12.4. The van der Waals surface area contributed by atoms with Gasteiger partial charge in [-0.05, 0) is 94.5 Å². The number of ether oxygens (including phenoxy) is 1. The molecule has 2 saturated carbocycles. The van der Waals surface area contributed by atoms with Gasteiger partial charge in [-0.3, -0.25) is 4.79 Å². The molecule has 39 heavy (non-hydrogen) atoms. The van der Waals surface area contributed by atoms with Gasteiger partial charge in [-0.2, -0.15) is 0 Å². The number of hydrogen-bond acceptors (Lipinski definition) is 6. The van der Waals surface area contributed by atoms with E-state index in [1.54, 1.807) is 6.20 Å². The molecule has 8 heteroatoms. The van der Waals surface area contributed by atoms with Crippen molar-refractivity contribution < 1.29 is 19.4 Å². The Morgan fingerprint density at radius 1 is 1.05 bits per heavy atom. The van der Waals surface area contributed by atoms with Crippen molar-refractivity contribution in [2.45, 2.75) is 103 Å². The van der Waals surface area contributed by atoms with Crippen LogP contribution in [-0.2, 0) is 16.8 Å². The van der Waals surface area contributed by atoms with Gasteiger partial charge in [-0.1, -0.05) is 27.7 Å². The molecule has 4 rings (SSSR count). The van der Waals surface area contributed by atoms with Gasteiger partial charge in [-0.25, -0.2) is 9.78 Å². The first-order valence-electron chi connectivity index (χ1n) is 14.4. The third-order valence-corrected chi connectivity index (χ3v) is 9.64. The molecule has 1 N–H and O–H groups in total. The SMILES string of the molecule is CN(C)Cc1ccnc(O[C@H]2CC[C@H](N(c3cc(C(C)(C)C)sc3C(=O)O)C(=O)[C@H]3CC[C@H](C)CC3)CC2)c1. The van der Waals surface area contributed by atoms with Crippen LogP contribution in [0.2, 0.25) is 0 Å². The Morgan fingerprint density at radius 2 is 1.72 bits per heavy atom. The first-order chi connectivity index (χ1) is 18.4. The normalized spacial score (nSPS) is 24.0. The maximum absolute atomic E-state index is 14.1. The van der Waals surface area contributed by atoms with E-state index in [2.05, 4.69) is 37.6 Å². The van der Waals surface area contributed by atoms with Crippen LogP contribution in [0.1, 0.15) is 99.2 Å². The minimum atomic E-state index is -0.957. The van der Waals surface area contributed by atoms with Crippen molar-refractivity contribution in [2.24, 2.45) is 11.8 Å². The van der Waals surface area contributed by atoms with Gasteiger partial charge in [0.1, 0.15) is 11.0 Å². The number of carbonyl (C=O) groups is 2. The zero-order chi connectivity index (χ0) is 28.3. The number of hydrogen-bond donors (Lipinski definition) is 1. The number of carbonyl (C=O) groups excluding carboxylic acids is 1. The van der Waals surface area contributed by atoms with Crippen LogP contribution in [-0.4, -0.2) is 53.1 Å². The maximum atomic E-state index is 14.1. The number of aromatic nitrogens is 1. The second-order valence-electron chi connectivity index (χ2n) is 12.8. The highest BCUT2D eigenvalue weighted by atomic mass is 32.1. The van der Waals surface area contributed by atoms with Crippen molar-refractivity contribution in [2.75, 3.05) is 19.0 Å². The van der Waals surface area contributed by atoms with E-state index in [0.717, 1.165) is 68.4 Å². The van der Waals surface area contributed by atoms with Crippen LogP contribution >= 0.6 is 11.3 Å². The topological polar surface area (TPSA) is 83.0 Å². The number of carboxylic acid groups (broad SMARTS) is 1. The molecule has 214 valence electrons. The van der Waals surface area contributed by atoms with Crippen molar-refractivity contribution in [3.05, 3.63) is 39.7 Å². The zero-order valence-corrected chi connectivity index (χ0v) is 25.2. The molecule has 1 amide bonds. The molecule has 2 heterocycles. The van der Waals surface area contributed by atoms with Gasteiger partial charge in [0.2, 0.25) is 11.8 Å². The molecule has 0 aliphatic heterocycles. The fourth-order valence-electron chi connectivity index (χ4n) is 5.85. The summed E-state index contributed by atoms with van der Waals surface area (Å²) in [6.07, 6.45) is 8.83. The highest BCUT2D eigenvalue weighted by molar-refractivity contribution is 7.14. The number of nitrogens with zero attached hydrogens (tertiary/aromatic N) is 3. The fourth-order valence-corrected chi connectivity index (χ4v) is 6.90. The Bertz CT molecular complexity index is 1140. The average Bonchev–Trinajstić information content (AvgIpc) is 3.32. The van der Waals surface area contributed by atoms with Gasteiger partial charge in [0, 0.05) is 35.6 Å². The lowest BCUT2D eigenvalue weighted by atomic mass is 9.81. The number of rotatable bonds is 8. The summed E-state index contributed by atoms with van der Waals surface area (Å²) in [5, 5.41) is 10.1. The number of amides is 1. The van der Waals surface area contributed by atoms with Crippen molar-refractivity contribution in [1.29, 1.82) is 0 Å². The van der Waals surface area contributed by atoms with Crippen LogP contribution in [0.3, 0.4) is 0 Å². The summed E-state index contributed by atoms with van der Waals surface area (Å²) in [4.78, 5) is 36.2. The Kier molecular flexibility index (Phi) is 9.37. The molecule has 0 unspecified atom stereocenters. The predicted molar refractivity (Wildman–Crippen MR) is 157 cm³/mol. The Labute approximate surface area is 237 Å². The first kappa shape index (κ1) is 29.5. The first-order valence-corrected chi connectivity index (χ1v) is 15.2. The van der Waals surface area contributed by atoms with E-state index in [0.29, 0.717) is 17.5 Å². The molecule has 0 spiro atoms. The zero-order valence-electron chi connectivity index (χ0n) is 24.4. The van der Waals surface area contributed by atoms with E-state index in [-0.39, 0.29) is 34.3 Å². The number of pyridine rings is 1.